The maximum atomic E-state index is 6.56. The molecule has 0 aliphatic carbocycles. The average Bonchev–Trinajstić information content (AvgIpc) is 2.58. The SMILES string of the molecule is C=CC(COCOCCOC)(CO[Si](C)(C)C(C)(C)C)CO[Si](C)(C)C(C)(C)C. The molecule has 0 heterocycles. The summed E-state index contributed by atoms with van der Waals surface area (Å²) in [4.78, 5) is 0. The molecule has 0 saturated heterocycles. The summed E-state index contributed by atoms with van der Waals surface area (Å²) in [5.74, 6) is 0. The summed E-state index contributed by atoms with van der Waals surface area (Å²) in [6.45, 7) is 29.5. The van der Waals surface area contributed by atoms with Gasteiger partial charge in [0.1, 0.15) is 6.79 Å². The van der Waals surface area contributed by atoms with Crippen LogP contribution >= 0.6 is 0 Å². The van der Waals surface area contributed by atoms with E-state index in [9.17, 15) is 0 Å². The highest BCUT2D eigenvalue weighted by molar-refractivity contribution is 6.74. The molecule has 0 N–H and O–H groups in total. The van der Waals surface area contributed by atoms with Gasteiger partial charge in [-0.25, -0.2) is 0 Å². The quantitative estimate of drug-likeness (QED) is 0.145. The van der Waals surface area contributed by atoms with E-state index in [0.29, 0.717) is 33.0 Å². The summed E-state index contributed by atoms with van der Waals surface area (Å²) in [6, 6.07) is 0. The summed E-state index contributed by atoms with van der Waals surface area (Å²) in [6.07, 6.45) is 1.95. The first-order chi connectivity index (χ1) is 13.0. The summed E-state index contributed by atoms with van der Waals surface area (Å²) < 4.78 is 29.4. The molecule has 0 aliphatic rings. The van der Waals surface area contributed by atoms with Gasteiger partial charge in [0.2, 0.25) is 0 Å². The third kappa shape index (κ3) is 9.76. The third-order valence-electron chi connectivity index (χ3n) is 6.47. The summed E-state index contributed by atoms with van der Waals surface area (Å²) >= 11 is 0. The van der Waals surface area contributed by atoms with Gasteiger partial charge in [-0.2, -0.15) is 0 Å². The molecule has 0 saturated carbocycles. The molecule has 0 unspecified atom stereocenters. The molecule has 0 aliphatic heterocycles. The summed E-state index contributed by atoms with van der Waals surface area (Å²) in [7, 11) is -2.15. The molecule has 0 rings (SSSR count). The van der Waals surface area contributed by atoms with Crippen molar-refractivity contribution < 1.29 is 23.1 Å². The van der Waals surface area contributed by atoms with Crippen LogP contribution in [0.2, 0.25) is 36.3 Å². The van der Waals surface area contributed by atoms with Gasteiger partial charge in [0.15, 0.2) is 16.6 Å². The number of hydrogen-bond donors (Lipinski definition) is 0. The number of methoxy groups -OCH3 is 1. The van der Waals surface area contributed by atoms with Crippen molar-refractivity contribution >= 4 is 16.6 Å². The van der Waals surface area contributed by atoms with Crippen LogP contribution in [-0.4, -0.2) is 63.6 Å². The highest BCUT2D eigenvalue weighted by atomic mass is 28.4. The lowest BCUT2D eigenvalue weighted by molar-refractivity contribution is -0.0949. The van der Waals surface area contributed by atoms with Crippen molar-refractivity contribution in [1.82, 2.24) is 0 Å². The lowest BCUT2D eigenvalue weighted by Gasteiger charge is -2.42. The number of rotatable bonds is 14. The van der Waals surface area contributed by atoms with Crippen molar-refractivity contribution in [1.29, 1.82) is 0 Å². The standard InChI is InChI=1S/C22H48O5Si2/c1-13-22(16-25-19-24-15-14-23-8,17-26-28(9,10)20(2,3)4)18-27-29(11,12)21(5,6)7/h13H,1,14-19H2,2-12H3. The fourth-order valence-corrected chi connectivity index (χ4v) is 4.05. The fraction of sp³-hybridized carbons (Fsp3) is 0.909. The second-order valence-electron chi connectivity index (χ2n) is 11.0. The smallest absolute Gasteiger partial charge is 0.192 e. The first kappa shape index (κ1) is 29.0. The summed E-state index contributed by atoms with van der Waals surface area (Å²) in [5.41, 5.74) is -0.407. The van der Waals surface area contributed by atoms with E-state index >= 15 is 0 Å². The normalized spacial score (nSPS) is 14.3. The Morgan fingerprint density at radius 2 is 1.17 bits per heavy atom. The number of hydrogen-bond acceptors (Lipinski definition) is 5. The van der Waals surface area contributed by atoms with Crippen LogP contribution in [0, 0.1) is 5.41 Å². The van der Waals surface area contributed by atoms with E-state index in [1.807, 2.05) is 6.08 Å². The molecule has 0 atom stereocenters. The van der Waals surface area contributed by atoms with Crippen molar-refractivity contribution in [3.05, 3.63) is 12.7 Å². The highest BCUT2D eigenvalue weighted by Gasteiger charge is 2.42. The van der Waals surface area contributed by atoms with Crippen LogP contribution in [0.4, 0.5) is 0 Å². The Morgan fingerprint density at radius 1 is 0.724 bits per heavy atom. The fourth-order valence-electron chi connectivity index (χ4n) is 1.89. The van der Waals surface area contributed by atoms with Crippen LogP contribution in [0.1, 0.15) is 41.5 Å². The molecule has 5 nitrogen and oxygen atoms in total. The minimum atomic E-state index is -1.90. The van der Waals surface area contributed by atoms with E-state index < -0.39 is 22.0 Å². The Hall–Kier alpha value is -0.0262. The average molecular weight is 449 g/mol. The molecule has 0 aromatic carbocycles. The molecule has 29 heavy (non-hydrogen) atoms. The Morgan fingerprint density at radius 3 is 1.52 bits per heavy atom. The molecule has 0 aromatic heterocycles. The molecule has 174 valence electrons. The Labute approximate surface area is 182 Å². The Balaban J connectivity index is 5.24. The molecule has 0 fully saturated rings. The van der Waals surface area contributed by atoms with Crippen molar-refractivity contribution in [2.75, 3.05) is 46.9 Å². The third-order valence-corrected chi connectivity index (χ3v) is 15.4. The topological polar surface area (TPSA) is 46.2 Å². The van der Waals surface area contributed by atoms with Gasteiger partial charge in [0.05, 0.1) is 25.2 Å². The maximum Gasteiger partial charge on any atom is 0.192 e. The summed E-state index contributed by atoms with van der Waals surface area (Å²) in [5, 5.41) is 0.286. The van der Waals surface area contributed by atoms with Gasteiger partial charge in [-0.05, 0) is 36.3 Å². The van der Waals surface area contributed by atoms with Gasteiger partial charge in [-0.1, -0.05) is 47.6 Å². The molecule has 0 spiro atoms. The van der Waals surface area contributed by atoms with Crippen molar-refractivity contribution in [2.45, 2.75) is 77.8 Å². The first-order valence-electron chi connectivity index (χ1n) is 10.6. The lowest BCUT2D eigenvalue weighted by atomic mass is 9.92. The molecule has 7 heteroatoms. The van der Waals surface area contributed by atoms with Crippen LogP contribution in [0.15, 0.2) is 12.7 Å². The lowest BCUT2D eigenvalue weighted by Crippen LogP contribution is -2.49. The van der Waals surface area contributed by atoms with Crippen LogP contribution < -0.4 is 0 Å². The Bertz CT molecular complexity index is 449. The zero-order valence-corrected chi connectivity index (χ0v) is 23.1. The van der Waals surface area contributed by atoms with E-state index in [1.54, 1.807) is 7.11 Å². The predicted octanol–water partition coefficient (Wildman–Crippen LogP) is 5.84. The first-order valence-corrected chi connectivity index (χ1v) is 16.4. The minimum Gasteiger partial charge on any atom is -0.416 e. The minimum absolute atomic E-state index is 0.143. The molecule has 0 radical (unpaired) electrons. The van der Waals surface area contributed by atoms with E-state index in [0.717, 1.165) is 0 Å². The van der Waals surface area contributed by atoms with E-state index in [-0.39, 0.29) is 16.9 Å². The highest BCUT2D eigenvalue weighted by Crippen LogP contribution is 2.40. The zero-order chi connectivity index (χ0) is 23.0. The maximum absolute atomic E-state index is 6.56. The van der Waals surface area contributed by atoms with Gasteiger partial charge in [0, 0.05) is 20.3 Å². The van der Waals surface area contributed by atoms with Gasteiger partial charge in [-0.3, -0.25) is 0 Å². The van der Waals surface area contributed by atoms with Crippen molar-refractivity contribution in [3.8, 4) is 0 Å². The van der Waals surface area contributed by atoms with Crippen molar-refractivity contribution in [2.24, 2.45) is 5.41 Å². The van der Waals surface area contributed by atoms with Gasteiger partial charge in [-0.15, -0.1) is 6.58 Å². The molecule has 0 aromatic rings. The van der Waals surface area contributed by atoms with Crippen LogP contribution in [0.5, 0.6) is 0 Å². The largest absolute Gasteiger partial charge is 0.416 e. The van der Waals surface area contributed by atoms with E-state index in [1.165, 1.54) is 0 Å². The second kappa shape index (κ2) is 11.6. The number of ether oxygens (including phenoxy) is 3. The predicted molar refractivity (Wildman–Crippen MR) is 128 cm³/mol. The Kier molecular flexibility index (Phi) is 11.5. The zero-order valence-electron chi connectivity index (χ0n) is 21.1. The van der Waals surface area contributed by atoms with Gasteiger partial charge >= 0.3 is 0 Å². The van der Waals surface area contributed by atoms with Crippen LogP contribution in [-0.2, 0) is 23.1 Å². The molecular formula is C22H48O5Si2. The monoisotopic (exact) mass is 448 g/mol. The van der Waals surface area contributed by atoms with Crippen molar-refractivity contribution in [3.63, 3.8) is 0 Å². The van der Waals surface area contributed by atoms with E-state index in [2.05, 4.69) is 74.3 Å². The molecule has 0 bridgehead atoms. The molecular weight excluding hydrogens is 400 g/mol. The van der Waals surface area contributed by atoms with Crippen LogP contribution in [0.3, 0.4) is 0 Å². The van der Waals surface area contributed by atoms with Gasteiger partial charge < -0.3 is 23.1 Å². The van der Waals surface area contributed by atoms with Crippen LogP contribution in [0.25, 0.3) is 0 Å². The second-order valence-corrected chi connectivity index (χ2v) is 20.7. The molecule has 0 amide bonds. The van der Waals surface area contributed by atoms with E-state index in [4.69, 9.17) is 23.1 Å². The van der Waals surface area contributed by atoms with Gasteiger partial charge in [0.25, 0.3) is 0 Å².